The van der Waals surface area contributed by atoms with Gasteiger partial charge in [0.25, 0.3) is 0 Å². The van der Waals surface area contributed by atoms with Gasteiger partial charge in [0.05, 0.1) is 0 Å². The van der Waals surface area contributed by atoms with E-state index < -0.39 is 29.1 Å². The van der Waals surface area contributed by atoms with Gasteiger partial charge in [-0.3, -0.25) is 9.11 Å². The molecular weight excluding hydrogens is 315 g/mol. The second kappa shape index (κ2) is 8.04. The van der Waals surface area contributed by atoms with Crippen molar-refractivity contribution in [3.8, 4) is 0 Å². The van der Waals surface area contributed by atoms with E-state index in [9.17, 15) is 21.4 Å². The molecular formula is C4H12N2O9PS2+. The van der Waals surface area contributed by atoms with E-state index in [2.05, 4.69) is 18.6 Å². The van der Waals surface area contributed by atoms with Crippen molar-refractivity contribution in [1.29, 1.82) is 0 Å². The Kier molecular flexibility index (Phi) is 7.93. The van der Waals surface area contributed by atoms with Gasteiger partial charge in [-0.2, -0.15) is 16.8 Å². The van der Waals surface area contributed by atoms with Crippen LogP contribution in [0.2, 0.25) is 0 Å². The van der Waals surface area contributed by atoms with Crippen molar-refractivity contribution >= 4 is 29.1 Å². The minimum atomic E-state index is -5.08. The van der Waals surface area contributed by atoms with Crippen LogP contribution in [0.4, 0.5) is 0 Å². The summed E-state index contributed by atoms with van der Waals surface area (Å²) in [5.41, 5.74) is 0. The van der Waals surface area contributed by atoms with Crippen molar-refractivity contribution in [3.05, 3.63) is 0 Å². The molecule has 1 saturated heterocycles. The van der Waals surface area contributed by atoms with Crippen molar-refractivity contribution in [1.82, 2.24) is 10.6 Å². The predicted molar refractivity (Wildman–Crippen MR) is 58.6 cm³/mol. The van der Waals surface area contributed by atoms with Gasteiger partial charge in [0, 0.05) is 38.7 Å². The standard InChI is InChI=1S/C4H10N2.HO9PS2/c1-2-6-4-3-5-1;1-10(8-11(2,3)4)9-12(5,6)7/h5-6H,1-4H2;(H-,2,3,4,5,6,7)/p+1. The third-order valence-electron chi connectivity index (χ3n) is 1.27. The van der Waals surface area contributed by atoms with Gasteiger partial charge >= 0.3 is 29.1 Å². The monoisotopic (exact) mass is 327 g/mol. The van der Waals surface area contributed by atoms with Gasteiger partial charge in [-0.25, -0.2) is 0 Å². The molecule has 108 valence electrons. The highest BCUT2D eigenvalue weighted by Crippen LogP contribution is 2.27. The Morgan fingerprint density at radius 2 is 1.11 bits per heavy atom. The molecule has 0 spiro atoms. The fraction of sp³-hybridized carbons (Fsp3) is 1.00. The lowest BCUT2D eigenvalue weighted by Gasteiger charge is -2.11. The molecule has 0 aromatic heterocycles. The Bertz CT molecular complexity index is 407. The van der Waals surface area contributed by atoms with E-state index >= 15 is 0 Å². The second-order valence-electron chi connectivity index (χ2n) is 2.73. The molecule has 1 fully saturated rings. The van der Waals surface area contributed by atoms with Crippen molar-refractivity contribution in [2.45, 2.75) is 0 Å². The third kappa shape index (κ3) is 13.8. The van der Waals surface area contributed by atoms with Crippen LogP contribution in [0.25, 0.3) is 0 Å². The van der Waals surface area contributed by atoms with E-state index in [0.717, 1.165) is 26.2 Å². The second-order valence-corrected chi connectivity index (χ2v) is 6.08. The topological polar surface area (TPSA) is 168 Å². The number of hydrogen-bond acceptors (Lipinski definition) is 9. The highest BCUT2D eigenvalue weighted by Gasteiger charge is 2.36. The Morgan fingerprint density at radius 1 is 0.833 bits per heavy atom. The summed E-state index contributed by atoms with van der Waals surface area (Å²) in [4.78, 5) is 0. The maximum absolute atomic E-state index is 10.1. The summed E-state index contributed by atoms with van der Waals surface area (Å²) in [5, 5.41) is 6.44. The van der Waals surface area contributed by atoms with Gasteiger partial charge in [0.1, 0.15) is 0 Å². The molecule has 18 heavy (non-hydrogen) atoms. The van der Waals surface area contributed by atoms with Crippen molar-refractivity contribution < 1.29 is 38.4 Å². The molecule has 1 aliphatic heterocycles. The largest absolute Gasteiger partial charge is 0.735 e. The third-order valence-corrected chi connectivity index (χ3v) is 3.75. The van der Waals surface area contributed by atoms with Gasteiger partial charge < -0.3 is 10.6 Å². The Morgan fingerprint density at radius 3 is 1.28 bits per heavy atom. The van der Waals surface area contributed by atoms with E-state index in [-0.39, 0.29) is 0 Å². The molecule has 0 radical (unpaired) electrons. The average molecular weight is 327 g/mol. The van der Waals surface area contributed by atoms with Gasteiger partial charge in [-0.05, 0) is 0 Å². The summed E-state index contributed by atoms with van der Waals surface area (Å²) in [7, 11) is -13.8. The van der Waals surface area contributed by atoms with Crippen molar-refractivity contribution in [2.75, 3.05) is 26.2 Å². The highest BCUT2D eigenvalue weighted by atomic mass is 32.3. The number of piperazine rings is 1. The lowest BCUT2D eigenvalue weighted by atomic mass is 10.4. The minimum absolute atomic E-state index is 1.14. The van der Waals surface area contributed by atoms with Gasteiger partial charge in [0.2, 0.25) is 0 Å². The molecule has 0 atom stereocenters. The highest BCUT2D eigenvalue weighted by molar-refractivity contribution is 7.87. The smallest absolute Gasteiger partial charge is 0.314 e. The molecule has 0 saturated carbocycles. The first kappa shape index (κ1) is 17.8. The van der Waals surface area contributed by atoms with Gasteiger partial charge in [-0.1, -0.05) is 0 Å². The number of rotatable bonds is 4. The maximum Gasteiger partial charge on any atom is 0.735 e. The molecule has 11 nitrogen and oxygen atoms in total. The van der Waals surface area contributed by atoms with E-state index in [1.54, 1.807) is 0 Å². The molecule has 1 aliphatic rings. The lowest BCUT2D eigenvalue weighted by Crippen LogP contribution is -2.39. The molecule has 0 bridgehead atoms. The zero-order chi connectivity index (χ0) is 14.2. The minimum Gasteiger partial charge on any atom is -0.314 e. The van der Waals surface area contributed by atoms with E-state index in [1.165, 1.54) is 0 Å². The van der Waals surface area contributed by atoms with Crippen LogP contribution in [0, 0.1) is 0 Å². The van der Waals surface area contributed by atoms with Crippen LogP contribution in [0.1, 0.15) is 0 Å². The number of hydrogen-bond donors (Lipinski definition) is 4. The van der Waals surface area contributed by atoms with Crippen LogP contribution in [-0.4, -0.2) is 52.1 Å². The molecule has 1 heterocycles. The van der Waals surface area contributed by atoms with Crippen LogP contribution in [0.3, 0.4) is 0 Å². The zero-order valence-electron chi connectivity index (χ0n) is 8.84. The van der Waals surface area contributed by atoms with Gasteiger partial charge in [0.15, 0.2) is 0 Å². The zero-order valence-corrected chi connectivity index (χ0v) is 11.4. The lowest BCUT2D eigenvalue weighted by molar-refractivity contribution is 0.339. The Labute approximate surface area is 105 Å². The molecule has 1 rings (SSSR count). The SMILES string of the molecule is C1CNCCN1.O=[P+](OS(=O)(=O)O)OS(=O)(=O)O. The Hall–Kier alpha value is -0.240. The molecule has 0 unspecified atom stereocenters. The molecule has 0 aliphatic carbocycles. The van der Waals surface area contributed by atoms with E-state index in [1.807, 2.05) is 0 Å². The predicted octanol–water partition coefficient (Wildman–Crippen LogP) is -1.54. The summed E-state index contributed by atoms with van der Waals surface area (Å²) in [5.74, 6) is 0. The fourth-order valence-electron chi connectivity index (χ4n) is 0.770. The molecule has 4 N–H and O–H groups in total. The normalized spacial score (nSPS) is 16.6. The molecule has 14 heteroatoms. The summed E-state index contributed by atoms with van der Waals surface area (Å²) in [6.07, 6.45) is 0. The molecule has 0 aromatic carbocycles. The van der Waals surface area contributed by atoms with Crippen LogP contribution < -0.4 is 10.6 Å². The first-order valence-corrected chi connectivity index (χ1v) is 8.15. The maximum atomic E-state index is 10.1. The van der Waals surface area contributed by atoms with Crippen LogP contribution in [0.5, 0.6) is 0 Å². The Balaban J connectivity index is 0.000000397. The van der Waals surface area contributed by atoms with E-state index in [4.69, 9.17) is 9.11 Å². The summed E-state index contributed by atoms with van der Waals surface area (Å²) >= 11 is 0. The average Bonchev–Trinajstić information content (AvgIpc) is 2.15. The van der Waals surface area contributed by atoms with Crippen LogP contribution in [-0.2, 0) is 33.3 Å². The fourth-order valence-corrected chi connectivity index (χ4v) is 2.32. The summed E-state index contributed by atoms with van der Waals surface area (Å²) in [6, 6.07) is 0. The van der Waals surface area contributed by atoms with Crippen molar-refractivity contribution in [3.63, 3.8) is 0 Å². The van der Waals surface area contributed by atoms with Crippen molar-refractivity contribution in [2.24, 2.45) is 0 Å². The first-order chi connectivity index (χ1) is 8.10. The number of nitrogens with one attached hydrogen (secondary N) is 2. The summed E-state index contributed by atoms with van der Waals surface area (Å²) < 4.78 is 70.8. The summed E-state index contributed by atoms with van der Waals surface area (Å²) in [6.45, 7) is 4.56. The molecule has 0 aromatic rings. The van der Waals surface area contributed by atoms with E-state index in [0.29, 0.717) is 0 Å². The van der Waals surface area contributed by atoms with Crippen LogP contribution >= 0.6 is 8.25 Å². The quantitative estimate of drug-likeness (QED) is 0.349. The van der Waals surface area contributed by atoms with Crippen LogP contribution in [0.15, 0.2) is 0 Å². The molecule has 0 amide bonds. The van der Waals surface area contributed by atoms with Gasteiger partial charge in [-0.15, -0.1) is 0 Å². The first-order valence-electron chi connectivity index (χ1n) is 4.33.